The van der Waals surface area contributed by atoms with Crippen molar-refractivity contribution < 1.29 is 0 Å². The monoisotopic (exact) mass is 237 g/mol. The number of aryl methyl sites for hydroxylation is 2. The summed E-state index contributed by atoms with van der Waals surface area (Å²) in [5, 5.41) is 6.04. The van der Waals surface area contributed by atoms with E-state index in [1.54, 1.807) is 0 Å². The van der Waals surface area contributed by atoms with Gasteiger partial charge in [-0.05, 0) is 50.3 Å². The minimum absolute atomic E-state index is 0.161. The fourth-order valence-electron chi connectivity index (χ4n) is 2.18. The van der Waals surface area contributed by atoms with E-state index in [2.05, 4.69) is 15.8 Å². The maximum absolute atomic E-state index is 6.10. The molecule has 1 aliphatic carbocycles. The van der Waals surface area contributed by atoms with Crippen LogP contribution in [-0.4, -0.2) is 21.1 Å². The molecule has 1 aromatic rings. The van der Waals surface area contributed by atoms with Gasteiger partial charge in [0.1, 0.15) is 0 Å². The average Bonchev–Trinajstić information content (AvgIpc) is 2.95. The zero-order valence-electron chi connectivity index (χ0n) is 9.61. The molecule has 4 heteroatoms. The average molecular weight is 237 g/mol. The van der Waals surface area contributed by atoms with Gasteiger partial charge in [0.15, 0.2) is 0 Å². The summed E-state index contributed by atoms with van der Waals surface area (Å²) in [5.74, 6) is 1.24. The molecule has 0 atom stereocenters. The molecule has 2 aliphatic rings. The van der Waals surface area contributed by atoms with Gasteiger partial charge in [0.25, 0.3) is 0 Å². The maximum atomic E-state index is 6.10. The molecule has 0 spiro atoms. The molecule has 0 amide bonds. The molecule has 0 radical (unpaired) electrons. The Hall–Kier alpha value is -0.480. The van der Waals surface area contributed by atoms with E-state index in [4.69, 9.17) is 5.73 Å². The summed E-state index contributed by atoms with van der Waals surface area (Å²) in [6, 6.07) is 2.27. The van der Waals surface area contributed by atoms with Crippen LogP contribution in [0.3, 0.4) is 0 Å². The highest BCUT2D eigenvalue weighted by molar-refractivity contribution is 7.99. The second-order valence-corrected chi connectivity index (χ2v) is 6.23. The van der Waals surface area contributed by atoms with Crippen LogP contribution in [0.25, 0.3) is 0 Å². The molecule has 0 aromatic carbocycles. The molecule has 1 fully saturated rings. The Morgan fingerprint density at radius 2 is 2.31 bits per heavy atom. The van der Waals surface area contributed by atoms with E-state index in [0.717, 1.165) is 19.4 Å². The third-order valence-corrected chi connectivity index (χ3v) is 4.70. The Balaban J connectivity index is 1.66. The number of rotatable bonds is 3. The van der Waals surface area contributed by atoms with Crippen molar-refractivity contribution in [3.05, 3.63) is 11.8 Å². The first-order chi connectivity index (χ1) is 7.75. The fourth-order valence-corrected chi connectivity index (χ4v) is 3.23. The highest BCUT2D eigenvalue weighted by atomic mass is 32.2. The number of aromatic nitrogens is 2. The minimum Gasteiger partial charge on any atom is -0.325 e. The van der Waals surface area contributed by atoms with Crippen molar-refractivity contribution >= 4 is 11.8 Å². The lowest BCUT2D eigenvalue weighted by Crippen LogP contribution is -2.22. The van der Waals surface area contributed by atoms with Crippen molar-refractivity contribution in [2.24, 2.45) is 5.73 Å². The molecule has 1 aliphatic heterocycles. The molecule has 88 valence electrons. The van der Waals surface area contributed by atoms with Gasteiger partial charge in [0.05, 0.1) is 10.7 Å². The summed E-state index contributed by atoms with van der Waals surface area (Å²) in [4.78, 5) is 0. The van der Waals surface area contributed by atoms with E-state index in [-0.39, 0.29) is 5.54 Å². The molecule has 0 saturated heterocycles. The fraction of sp³-hybridized carbons (Fsp3) is 0.750. The van der Waals surface area contributed by atoms with E-state index >= 15 is 0 Å². The second-order valence-electron chi connectivity index (χ2n) is 5.11. The van der Waals surface area contributed by atoms with Crippen molar-refractivity contribution in [2.75, 3.05) is 5.75 Å². The Labute approximate surface area is 101 Å². The van der Waals surface area contributed by atoms with E-state index in [1.807, 2.05) is 11.8 Å². The van der Waals surface area contributed by atoms with Crippen molar-refractivity contribution in [3.8, 4) is 0 Å². The predicted octanol–water partition coefficient (Wildman–Crippen LogP) is 2.19. The standard InChI is InChI=1S/C12H19N3S/c13-12(5-6-12)4-3-10-9-11-15(14-10)7-1-2-8-16-11/h9H,1-8,13H2. The van der Waals surface area contributed by atoms with Crippen LogP contribution in [0.1, 0.15) is 37.8 Å². The van der Waals surface area contributed by atoms with E-state index in [0.29, 0.717) is 0 Å². The van der Waals surface area contributed by atoms with E-state index < -0.39 is 0 Å². The quantitative estimate of drug-likeness (QED) is 0.876. The minimum atomic E-state index is 0.161. The van der Waals surface area contributed by atoms with Gasteiger partial charge in [0.2, 0.25) is 0 Å². The normalized spacial score (nSPS) is 22.6. The predicted molar refractivity (Wildman–Crippen MR) is 66.7 cm³/mol. The van der Waals surface area contributed by atoms with Gasteiger partial charge in [-0.2, -0.15) is 5.10 Å². The molecule has 1 saturated carbocycles. The number of nitrogens with two attached hydrogens (primary N) is 1. The summed E-state index contributed by atoms with van der Waals surface area (Å²) >= 11 is 1.95. The SMILES string of the molecule is NC1(CCc2cc3n(n2)CCCCS3)CC1. The van der Waals surface area contributed by atoms with Gasteiger partial charge in [-0.15, -0.1) is 11.8 Å². The van der Waals surface area contributed by atoms with E-state index in [1.165, 1.54) is 42.2 Å². The number of fused-ring (bicyclic) bond motifs is 1. The summed E-state index contributed by atoms with van der Waals surface area (Å²) in [7, 11) is 0. The Bertz CT molecular complexity index is 358. The van der Waals surface area contributed by atoms with Crippen LogP contribution in [0.5, 0.6) is 0 Å². The summed E-state index contributed by atoms with van der Waals surface area (Å²) in [6.07, 6.45) is 7.15. The number of hydrogen-bond donors (Lipinski definition) is 1. The Morgan fingerprint density at radius 1 is 1.44 bits per heavy atom. The zero-order valence-corrected chi connectivity index (χ0v) is 10.4. The molecule has 1 aromatic heterocycles. The van der Waals surface area contributed by atoms with Gasteiger partial charge in [-0.1, -0.05) is 0 Å². The third-order valence-electron chi connectivity index (χ3n) is 3.58. The molecule has 0 unspecified atom stereocenters. The zero-order chi connectivity index (χ0) is 11.0. The molecular formula is C12H19N3S. The summed E-state index contributed by atoms with van der Waals surface area (Å²) < 4.78 is 2.18. The molecule has 3 nitrogen and oxygen atoms in total. The topological polar surface area (TPSA) is 43.8 Å². The smallest absolute Gasteiger partial charge is 0.0942 e. The lowest BCUT2D eigenvalue weighted by atomic mass is 10.1. The van der Waals surface area contributed by atoms with Gasteiger partial charge < -0.3 is 5.73 Å². The van der Waals surface area contributed by atoms with Crippen LogP contribution in [0, 0.1) is 0 Å². The van der Waals surface area contributed by atoms with Crippen LogP contribution >= 0.6 is 11.8 Å². The number of hydrogen-bond acceptors (Lipinski definition) is 3. The van der Waals surface area contributed by atoms with Crippen LogP contribution in [0.2, 0.25) is 0 Å². The Kier molecular flexibility index (Phi) is 2.72. The van der Waals surface area contributed by atoms with E-state index in [9.17, 15) is 0 Å². The Morgan fingerprint density at radius 3 is 3.12 bits per heavy atom. The summed E-state index contributed by atoms with van der Waals surface area (Å²) in [6.45, 7) is 1.09. The first-order valence-corrected chi connectivity index (χ1v) is 7.22. The van der Waals surface area contributed by atoms with Crippen molar-refractivity contribution in [1.82, 2.24) is 9.78 Å². The second kappa shape index (κ2) is 4.08. The highest BCUT2D eigenvalue weighted by Gasteiger charge is 2.37. The number of thioether (sulfide) groups is 1. The third kappa shape index (κ3) is 2.28. The molecule has 2 N–H and O–H groups in total. The van der Waals surface area contributed by atoms with Gasteiger partial charge in [-0.3, -0.25) is 4.68 Å². The molecule has 0 bridgehead atoms. The maximum Gasteiger partial charge on any atom is 0.0942 e. The van der Waals surface area contributed by atoms with Crippen molar-refractivity contribution in [1.29, 1.82) is 0 Å². The molecule has 3 rings (SSSR count). The largest absolute Gasteiger partial charge is 0.325 e. The number of nitrogens with zero attached hydrogens (tertiary/aromatic N) is 2. The highest BCUT2D eigenvalue weighted by Crippen LogP contribution is 2.36. The first kappa shape index (κ1) is 10.7. The van der Waals surface area contributed by atoms with Crippen LogP contribution in [0.15, 0.2) is 11.1 Å². The molecule has 2 heterocycles. The van der Waals surface area contributed by atoms with Crippen LogP contribution < -0.4 is 5.73 Å². The van der Waals surface area contributed by atoms with Crippen LogP contribution in [0.4, 0.5) is 0 Å². The van der Waals surface area contributed by atoms with Crippen molar-refractivity contribution in [3.63, 3.8) is 0 Å². The lowest BCUT2D eigenvalue weighted by Gasteiger charge is -2.05. The first-order valence-electron chi connectivity index (χ1n) is 6.24. The van der Waals surface area contributed by atoms with Crippen LogP contribution in [-0.2, 0) is 13.0 Å². The molecular weight excluding hydrogens is 218 g/mol. The molecule has 16 heavy (non-hydrogen) atoms. The van der Waals surface area contributed by atoms with Gasteiger partial charge in [0, 0.05) is 12.1 Å². The lowest BCUT2D eigenvalue weighted by molar-refractivity contribution is 0.533. The summed E-state index contributed by atoms with van der Waals surface area (Å²) in [5.41, 5.74) is 7.50. The van der Waals surface area contributed by atoms with Gasteiger partial charge >= 0.3 is 0 Å². The van der Waals surface area contributed by atoms with Gasteiger partial charge in [-0.25, -0.2) is 0 Å². The van der Waals surface area contributed by atoms with Crippen molar-refractivity contribution in [2.45, 2.75) is 55.6 Å².